The number of thioether (sulfide) groups is 1. The first-order valence-electron chi connectivity index (χ1n) is 12.0. The molecule has 12 nitrogen and oxygen atoms in total. The Balaban J connectivity index is 1.84. The number of phenolic OH excluding ortho intramolecular Hbond substituents is 1. The van der Waals surface area contributed by atoms with Gasteiger partial charge in [-0.15, -0.1) is 11.3 Å². The van der Waals surface area contributed by atoms with Crippen LogP contribution in [0.4, 0.5) is 0 Å². The molecular formula is C25H33N5O7S2. The van der Waals surface area contributed by atoms with Gasteiger partial charge < -0.3 is 37.2 Å². The van der Waals surface area contributed by atoms with E-state index in [0.29, 0.717) is 5.75 Å². The Morgan fingerprint density at radius 3 is 2.23 bits per heavy atom. The number of carboxylic acids is 1. The molecule has 1 aromatic heterocycles. The molecule has 0 bridgehead atoms. The van der Waals surface area contributed by atoms with E-state index in [1.165, 1.54) is 35.2 Å². The molecule has 0 fully saturated rings. The van der Waals surface area contributed by atoms with E-state index in [2.05, 4.69) is 21.3 Å². The van der Waals surface area contributed by atoms with Crippen molar-refractivity contribution in [3.63, 3.8) is 0 Å². The van der Waals surface area contributed by atoms with Crippen LogP contribution in [0.3, 0.4) is 0 Å². The van der Waals surface area contributed by atoms with Crippen molar-refractivity contribution in [2.45, 2.75) is 37.4 Å². The third-order valence-electron chi connectivity index (χ3n) is 5.46. The quantitative estimate of drug-likeness (QED) is 0.138. The van der Waals surface area contributed by atoms with Gasteiger partial charge in [-0.3, -0.25) is 19.2 Å². The number of benzene rings is 1. The van der Waals surface area contributed by atoms with Crippen molar-refractivity contribution in [2.75, 3.05) is 25.1 Å². The zero-order valence-corrected chi connectivity index (χ0v) is 23.0. The van der Waals surface area contributed by atoms with E-state index >= 15 is 0 Å². The second-order valence-electron chi connectivity index (χ2n) is 8.56. The van der Waals surface area contributed by atoms with Gasteiger partial charge in [-0.2, -0.15) is 11.8 Å². The molecule has 8 N–H and O–H groups in total. The van der Waals surface area contributed by atoms with Gasteiger partial charge in [-0.25, -0.2) is 4.79 Å². The van der Waals surface area contributed by atoms with Crippen molar-refractivity contribution in [3.8, 4) is 5.75 Å². The summed E-state index contributed by atoms with van der Waals surface area (Å²) in [5.74, 6) is -3.06. The predicted molar refractivity (Wildman–Crippen MR) is 148 cm³/mol. The summed E-state index contributed by atoms with van der Waals surface area (Å²) < 4.78 is 0. The fourth-order valence-corrected chi connectivity index (χ4v) is 4.59. The van der Waals surface area contributed by atoms with Crippen molar-refractivity contribution < 1.29 is 34.2 Å². The molecule has 2 rings (SSSR count). The maximum absolute atomic E-state index is 12.9. The molecule has 0 aliphatic rings. The molecular weight excluding hydrogens is 546 g/mol. The van der Waals surface area contributed by atoms with Gasteiger partial charge in [-0.05, 0) is 54.0 Å². The average molecular weight is 580 g/mol. The number of nitrogens with one attached hydrogen (secondary N) is 4. The van der Waals surface area contributed by atoms with Crippen molar-refractivity contribution >= 4 is 52.7 Å². The number of hydrogen-bond donors (Lipinski definition) is 7. The molecule has 0 aliphatic carbocycles. The van der Waals surface area contributed by atoms with Gasteiger partial charge in [0.25, 0.3) is 0 Å². The highest BCUT2D eigenvalue weighted by Gasteiger charge is 2.27. The number of thiophene rings is 1. The number of hydrogen-bond acceptors (Lipinski definition) is 9. The molecule has 0 saturated heterocycles. The Bertz CT molecular complexity index is 1110. The molecule has 14 heteroatoms. The highest BCUT2D eigenvalue weighted by molar-refractivity contribution is 7.98. The zero-order valence-electron chi connectivity index (χ0n) is 21.3. The number of amides is 4. The summed E-state index contributed by atoms with van der Waals surface area (Å²) in [6.07, 6.45) is 2.39. The fourth-order valence-electron chi connectivity index (χ4n) is 3.37. The minimum absolute atomic E-state index is 0.0894. The fraction of sp³-hybridized carbons (Fsp3) is 0.400. The lowest BCUT2D eigenvalue weighted by atomic mass is 10.1. The maximum atomic E-state index is 12.9. The number of rotatable bonds is 16. The van der Waals surface area contributed by atoms with Crippen LogP contribution in [0.25, 0.3) is 0 Å². The van der Waals surface area contributed by atoms with Gasteiger partial charge in [0, 0.05) is 11.3 Å². The molecule has 0 unspecified atom stereocenters. The highest BCUT2D eigenvalue weighted by Crippen LogP contribution is 2.12. The Morgan fingerprint density at radius 1 is 0.923 bits per heavy atom. The molecule has 1 heterocycles. The predicted octanol–water partition coefficient (Wildman–Crippen LogP) is -0.394. The normalized spacial score (nSPS) is 13.0. The molecule has 4 amide bonds. The highest BCUT2D eigenvalue weighted by atomic mass is 32.2. The second kappa shape index (κ2) is 16.4. The molecule has 2 aromatic rings. The third kappa shape index (κ3) is 11.8. The third-order valence-corrected chi connectivity index (χ3v) is 7.00. The number of aromatic hydroxyl groups is 1. The number of carbonyl (C=O) groups excluding carboxylic acids is 4. The van der Waals surface area contributed by atoms with Crippen LogP contribution in [0.1, 0.15) is 16.9 Å². The Hall–Kier alpha value is -3.62. The van der Waals surface area contributed by atoms with Crippen LogP contribution in [0.15, 0.2) is 41.8 Å². The average Bonchev–Trinajstić information content (AvgIpc) is 3.42. The van der Waals surface area contributed by atoms with E-state index in [4.69, 9.17) is 5.73 Å². The lowest BCUT2D eigenvalue weighted by Crippen LogP contribution is -2.54. The summed E-state index contributed by atoms with van der Waals surface area (Å²) in [5.41, 5.74) is 6.60. The number of aliphatic carboxylic acids is 1. The van der Waals surface area contributed by atoms with E-state index in [1.807, 2.05) is 11.6 Å². The molecule has 0 saturated carbocycles. The number of phenols is 1. The monoisotopic (exact) mass is 579 g/mol. The SMILES string of the molecule is CSCC[C@H](NC(=O)[C@H](Cc1cccs1)NC(=O)CNC(=O)CNC(=O)[C@@H](N)Cc1ccc(O)cc1)C(=O)O. The molecule has 39 heavy (non-hydrogen) atoms. The lowest BCUT2D eigenvalue weighted by Gasteiger charge is -2.21. The first-order chi connectivity index (χ1) is 18.6. The summed E-state index contributed by atoms with van der Waals surface area (Å²) in [7, 11) is 0. The van der Waals surface area contributed by atoms with Gasteiger partial charge in [0.05, 0.1) is 19.1 Å². The largest absolute Gasteiger partial charge is 0.508 e. The summed E-state index contributed by atoms with van der Waals surface area (Å²) in [4.78, 5) is 62.1. The molecule has 0 spiro atoms. The molecule has 0 aliphatic heterocycles. The first kappa shape index (κ1) is 31.6. The zero-order chi connectivity index (χ0) is 28.8. The van der Waals surface area contributed by atoms with Crippen LogP contribution in [-0.4, -0.2) is 83.0 Å². The molecule has 1 aromatic carbocycles. The van der Waals surface area contributed by atoms with Gasteiger partial charge in [0.15, 0.2) is 0 Å². The van der Waals surface area contributed by atoms with Gasteiger partial charge in [-0.1, -0.05) is 18.2 Å². The minimum atomic E-state index is -1.17. The summed E-state index contributed by atoms with van der Waals surface area (Å²) in [5, 5.41) is 30.3. The Labute approximate surface area is 234 Å². The van der Waals surface area contributed by atoms with E-state index in [0.717, 1.165) is 10.4 Å². The second-order valence-corrected chi connectivity index (χ2v) is 10.6. The van der Waals surface area contributed by atoms with Crippen LogP contribution in [-0.2, 0) is 36.8 Å². The maximum Gasteiger partial charge on any atom is 0.326 e. The van der Waals surface area contributed by atoms with E-state index in [-0.39, 0.29) is 25.0 Å². The van der Waals surface area contributed by atoms with Crippen LogP contribution >= 0.6 is 23.1 Å². The first-order valence-corrected chi connectivity index (χ1v) is 14.3. The van der Waals surface area contributed by atoms with E-state index in [1.54, 1.807) is 24.3 Å². The number of nitrogens with two attached hydrogens (primary N) is 1. The Kier molecular flexibility index (Phi) is 13.3. The Morgan fingerprint density at radius 2 is 1.62 bits per heavy atom. The number of carboxylic acid groups (broad SMARTS) is 1. The topological polar surface area (TPSA) is 200 Å². The molecule has 3 atom stereocenters. The van der Waals surface area contributed by atoms with Crippen molar-refractivity contribution in [1.29, 1.82) is 0 Å². The summed E-state index contributed by atoms with van der Waals surface area (Å²) >= 11 is 2.83. The summed E-state index contributed by atoms with van der Waals surface area (Å²) in [6, 6.07) is 6.71. The standard InChI is InChI=1S/C25H33N5O7S2/c1-38-10-8-19(25(36)37)30-24(35)20(12-17-3-2-9-39-17)29-22(33)14-27-21(32)13-28-23(34)18(26)11-15-4-6-16(31)7-5-15/h2-7,9,18-20,31H,8,10-14,26H2,1H3,(H,27,32)(H,28,34)(H,29,33)(H,30,35)(H,36,37)/t18-,19-,20-/m0/s1. The lowest BCUT2D eigenvalue weighted by molar-refractivity contribution is -0.142. The van der Waals surface area contributed by atoms with Crippen LogP contribution in [0, 0.1) is 0 Å². The van der Waals surface area contributed by atoms with E-state index < -0.39 is 60.8 Å². The number of carbonyl (C=O) groups is 5. The van der Waals surface area contributed by atoms with Crippen LogP contribution in [0.5, 0.6) is 5.75 Å². The van der Waals surface area contributed by atoms with E-state index in [9.17, 15) is 34.2 Å². The molecule has 212 valence electrons. The van der Waals surface area contributed by atoms with Crippen molar-refractivity contribution in [2.24, 2.45) is 5.73 Å². The van der Waals surface area contributed by atoms with Gasteiger partial charge in [0.2, 0.25) is 23.6 Å². The summed E-state index contributed by atoms with van der Waals surface area (Å²) in [6.45, 7) is -0.873. The van der Waals surface area contributed by atoms with Gasteiger partial charge >= 0.3 is 5.97 Å². The van der Waals surface area contributed by atoms with Crippen LogP contribution < -0.4 is 27.0 Å². The van der Waals surface area contributed by atoms with Crippen LogP contribution in [0.2, 0.25) is 0 Å². The smallest absolute Gasteiger partial charge is 0.326 e. The van der Waals surface area contributed by atoms with Crippen molar-refractivity contribution in [3.05, 3.63) is 52.2 Å². The van der Waals surface area contributed by atoms with Gasteiger partial charge in [0.1, 0.15) is 17.8 Å². The van der Waals surface area contributed by atoms with Crippen molar-refractivity contribution in [1.82, 2.24) is 21.3 Å². The minimum Gasteiger partial charge on any atom is -0.508 e. The molecule has 0 radical (unpaired) electrons.